The van der Waals surface area contributed by atoms with Crippen molar-refractivity contribution in [1.82, 2.24) is 19.5 Å². The van der Waals surface area contributed by atoms with Crippen LogP contribution in [0.3, 0.4) is 0 Å². The van der Waals surface area contributed by atoms with Crippen LogP contribution in [0.1, 0.15) is 37.3 Å². The van der Waals surface area contributed by atoms with Crippen molar-refractivity contribution in [2.24, 2.45) is 0 Å². The number of hydrogen-bond acceptors (Lipinski definition) is 5. The number of halogens is 1. The Labute approximate surface area is 208 Å². The second-order valence-corrected chi connectivity index (χ2v) is 10.3. The minimum absolute atomic E-state index is 0.449. The van der Waals surface area contributed by atoms with Crippen molar-refractivity contribution in [3.05, 3.63) is 64.9 Å². The van der Waals surface area contributed by atoms with Gasteiger partial charge in [0.05, 0.1) is 0 Å². The van der Waals surface area contributed by atoms with Gasteiger partial charge >= 0.3 is 0 Å². The highest BCUT2D eigenvalue weighted by atomic mass is 79.9. The molecule has 0 spiro atoms. The fourth-order valence-electron chi connectivity index (χ4n) is 5.37. The predicted octanol–water partition coefficient (Wildman–Crippen LogP) is 6.01. The van der Waals surface area contributed by atoms with E-state index in [0.717, 1.165) is 59.0 Å². The van der Waals surface area contributed by atoms with Crippen LogP contribution in [0.15, 0.2) is 59.3 Å². The monoisotopic (exact) mass is 516 g/mol. The van der Waals surface area contributed by atoms with E-state index in [4.69, 9.17) is 15.0 Å². The maximum absolute atomic E-state index is 5.19. The molecule has 0 amide bonds. The summed E-state index contributed by atoms with van der Waals surface area (Å²) in [6, 6.07) is 17.7. The zero-order valence-corrected chi connectivity index (χ0v) is 21.1. The van der Waals surface area contributed by atoms with Crippen LogP contribution >= 0.6 is 15.9 Å². The molecule has 1 aliphatic carbocycles. The molecule has 2 fully saturated rings. The van der Waals surface area contributed by atoms with Gasteiger partial charge in [0.15, 0.2) is 17.0 Å². The molecule has 0 unspecified atom stereocenters. The van der Waals surface area contributed by atoms with E-state index < -0.39 is 0 Å². The Kier molecular flexibility index (Phi) is 5.73. The minimum Gasteiger partial charge on any atom is -0.368 e. The molecular formula is C27H29BrN6. The van der Waals surface area contributed by atoms with Gasteiger partial charge in [-0.05, 0) is 44.0 Å². The standard InChI is InChI=1S/C27H29BrN6/c1-19-6-12-22(13-7-19)32-14-16-33(17-15-32)26-24-27(30-18-29-26)34(23-4-2-3-5-23)25(31-24)20-8-10-21(28)11-9-20/h6-13,18,23H,2-5,14-17H2,1H3. The van der Waals surface area contributed by atoms with Gasteiger partial charge < -0.3 is 14.4 Å². The second kappa shape index (κ2) is 9.02. The van der Waals surface area contributed by atoms with Gasteiger partial charge in [-0.25, -0.2) is 15.0 Å². The number of aromatic nitrogens is 4. The lowest BCUT2D eigenvalue weighted by Crippen LogP contribution is -2.47. The van der Waals surface area contributed by atoms with Crippen LogP contribution in [-0.4, -0.2) is 45.7 Å². The van der Waals surface area contributed by atoms with Crippen molar-refractivity contribution in [3.8, 4) is 11.4 Å². The molecule has 1 aliphatic heterocycles. The fourth-order valence-corrected chi connectivity index (χ4v) is 5.64. The first-order valence-electron chi connectivity index (χ1n) is 12.2. The molecule has 0 atom stereocenters. The lowest BCUT2D eigenvalue weighted by Gasteiger charge is -2.36. The lowest BCUT2D eigenvalue weighted by molar-refractivity contribution is 0.534. The SMILES string of the molecule is Cc1ccc(N2CCN(c3ncnc4c3nc(-c3ccc(Br)cc3)n4C3CCCC3)CC2)cc1. The van der Waals surface area contributed by atoms with E-state index in [0.29, 0.717) is 6.04 Å². The number of aryl methyl sites for hydroxylation is 1. The molecule has 0 N–H and O–H groups in total. The molecule has 34 heavy (non-hydrogen) atoms. The fraction of sp³-hybridized carbons (Fsp3) is 0.370. The van der Waals surface area contributed by atoms with Gasteiger partial charge in [-0.2, -0.15) is 0 Å². The first kappa shape index (κ1) is 21.6. The van der Waals surface area contributed by atoms with E-state index in [1.54, 1.807) is 6.33 Å². The number of hydrogen-bond donors (Lipinski definition) is 0. The summed E-state index contributed by atoms with van der Waals surface area (Å²) in [5.41, 5.74) is 5.61. The van der Waals surface area contributed by atoms with Crippen LogP contribution in [0.4, 0.5) is 11.5 Å². The highest BCUT2D eigenvalue weighted by Crippen LogP contribution is 2.38. The average molecular weight is 517 g/mol. The van der Waals surface area contributed by atoms with Crippen LogP contribution < -0.4 is 9.80 Å². The van der Waals surface area contributed by atoms with E-state index in [1.807, 2.05) is 0 Å². The Balaban J connectivity index is 1.35. The molecule has 1 saturated carbocycles. The Morgan fingerprint density at radius 2 is 1.50 bits per heavy atom. The molecule has 4 aromatic rings. The van der Waals surface area contributed by atoms with Gasteiger partial charge in [0.2, 0.25) is 0 Å². The summed E-state index contributed by atoms with van der Waals surface area (Å²) in [4.78, 5) is 19.5. The quantitative estimate of drug-likeness (QED) is 0.332. The van der Waals surface area contributed by atoms with E-state index in [9.17, 15) is 0 Å². The van der Waals surface area contributed by atoms with Crippen molar-refractivity contribution in [3.63, 3.8) is 0 Å². The van der Waals surface area contributed by atoms with Crippen molar-refractivity contribution in [2.45, 2.75) is 38.6 Å². The Bertz CT molecular complexity index is 1280. The highest BCUT2D eigenvalue weighted by molar-refractivity contribution is 9.10. The van der Waals surface area contributed by atoms with Crippen LogP contribution in [0.2, 0.25) is 0 Å². The third-order valence-electron chi connectivity index (χ3n) is 7.23. The van der Waals surface area contributed by atoms with Crippen LogP contribution in [0, 0.1) is 6.92 Å². The summed E-state index contributed by atoms with van der Waals surface area (Å²) in [5.74, 6) is 1.97. The van der Waals surface area contributed by atoms with Crippen LogP contribution in [-0.2, 0) is 0 Å². The van der Waals surface area contributed by atoms with E-state index in [2.05, 4.69) is 85.8 Å². The summed E-state index contributed by atoms with van der Waals surface area (Å²) < 4.78 is 3.46. The van der Waals surface area contributed by atoms with E-state index in [-0.39, 0.29) is 0 Å². The maximum Gasteiger partial charge on any atom is 0.166 e. The van der Waals surface area contributed by atoms with E-state index >= 15 is 0 Å². The number of piperazine rings is 1. The van der Waals surface area contributed by atoms with Gasteiger partial charge in [0.25, 0.3) is 0 Å². The molecule has 2 aromatic heterocycles. The van der Waals surface area contributed by atoms with E-state index in [1.165, 1.54) is 36.9 Å². The molecule has 174 valence electrons. The lowest BCUT2D eigenvalue weighted by atomic mass is 10.2. The van der Waals surface area contributed by atoms with Gasteiger partial charge in [-0.1, -0.05) is 58.6 Å². The first-order valence-corrected chi connectivity index (χ1v) is 13.0. The molecule has 6 rings (SSSR count). The van der Waals surface area contributed by atoms with Gasteiger partial charge in [-0.3, -0.25) is 0 Å². The predicted molar refractivity (Wildman–Crippen MR) is 142 cm³/mol. The molecular weight excluding hydrogens is 488 g/mol. The van der Waals surface area contributed by atoms with Crippen LogP contribution in [0.5, 0.6) is 0 Å². The number of nitrogens with zero attached hydrogens (tertiary/aromatic N) is 6. The Morgan fingerprint density at radius 3 is 2.21 bits per heavy atom. The molecule has 2 aromatic carbocycles. The number of imidazole rings is 1. The minimum atomic E-state index is 0.449. The number of rotatable bonds is 4. The third kappa shape index (κ3) is 3.96. The summed E-state index contributed by atoms with van der Waals surface area (Å²) in [7, 11) is 0. The third-order valence-corrected chi connectivity index (χ3v) is 7.76. The first-order chi connectivity index (χ1) is 16.7. The molecule has 3 heterocycles. The normalized spacial score (nSPS) is 17.1. The Hall–Kier alpha value is -2.93. The molecule has 6 nitrogen and oxygen atoms in total. The van der Waals surface area contributed by atoms with Crippen molar-refractivity contribution in [2.75, 3.05) is 36.0 Å². The molecule has 0 bridgehead atoms. The number of fused-ring (bicyclic) bond motifs is 1. The Morgan fingerprint density at radius 1 is 0.824 bits per heavy atom. The summed E-state index contributed by atoms with van der Waals surface area (Å²) >= 11 is 3.57. The topological polar surface area (TPSA) is 50.1 Å². The van der Waals surface area contributed by atoms with Crippen molar-refractivity contribution >= 4 is 38.6 Å². The smallest absolute Gasteiger partial charge is 0.166 e. The highest BCUT2D eigenvalue weighted by Gasteiger charge is 2.28. The van der Waals surface area contributed by atoms with Gasteiger partial charge in [0.1, 0.15) is 12.2 Å². The van der Waals surface area contributed by atoms with Gasteiger partial charge in [-0.15, -0.1) is 0 Å². The zero-order chi connectivity index (χ0) is 23.1. The van der Waals surface area contributed by atoms with Crippen LogP contribution in [0.25, 0.3) is 22.6 Å². The van der Waals surface area contributed by atoms with Crippen molar-refractivity contribution < 1.29 is 0 Å². The zero-order valence-electron chi connectivity index (χ0n) is 19.5. The average Bonchev–Trinajstić information content (AvgIpc) is 3.53. The second-order valence-electron chi connectivity index (χ2n) is 9.43. The number of benzene rings is 2. The van der Waals surface area contributed by atoms with Crippen molar-refractivity contribution in [1.29, 1.82) is 0 Å². The molecule has 2 aliphatic rings. The molecule has 0 radical (unpaired) electrons. The molecule has 1 saturated heterocycles. The summed E-state index contributed by atoms with van der Waals surface area (Å²) in [6.45, 7) is 5.91. The maximum atomic E-state index is 5.19. The summed E-state index contributed by atoms with van der Waals surface area (Å²) in [5, 5.41) is 0. The summed E-state index contributed by atoms with van der Waals surface area (Å²) in [6.07, 6.45) is 6.63. The largest absolute Gasteiger partial charge is 0.368 e. The van der Waals surface area contributed by atoms with Gasteiger partial charge in [0, 0.05) is 47.9 Å². The molecule has 7 heteroatoms. The number of anilines is 2.